The number of nitrogens with zero attached hydrogens (tertiary/aromatic N) is 1. The number of ether oxygens (including phenoxy) is 1. The highest BCUT2D eigenvalue weighted by molar-refractivity contribution is 5.34. The Labute approximate surface area is 132 Å². The Morgan fingerprint density at radius 3 is 2.23 bits per heavy atom. The lowest BCUT2D eigenvalue weighted by Gasteiger charge is -2.18. The van der Waals surface area contributed by atoms with Crippen molar-refractivity contribution in [3.05, 3.63) is 65.2 Å². The second kappa shape index (κ2) is 7.43. The normalized spacial score (nSPS) is 15.1. The van der Waals surface area contributed by atoms with Gasteiger partial charge in [-0.1, -0.05) is 42.5 Å². The summed E-state index contributed by atoms with van der Waals surface area (Å²) in [6, 6.07) is 16.6. The van der Waals surface area contributed by atoms with Crippen LogP contribution in [0.3, 0.4) is 0 Å². The number of rotatable bonds is 6. The number of likely N-dealkylation sites (tertiary alicyclic amines) is 1. The van der Waals surface area contributed by atoms with E-state index < -0.39 is 0 Å². The van der Waals surface area contributed by atoms with Crippen LogP contribution < -0.4 is 10.5 Å². The molecule has 0 atom stereocenters. The molecule has 3 nitrogen and oxygen atoms in total. The molecule has 1 heterocycles. The van der Waals surface area contributed by atoms with E-state index in [1.807, 2.05) is 18.2 Å². The van der Waals surface area contributed by atoms with Crippen LogP contribution in [0.2, 0.25) is 0 Å². The van der Waals surface area contributed by atoms with Gasteiger partial charge in [0.05, 0.1) is 0 Å². The van der Waals surface area contributed by atoms with E-state index in [4.69, 9.17) is 10.5 Å². The van der Waals surface area contributed by atoms with Gasteiger partial charge in [-0.2, -0.15) is 0 Å². The molecule has 1 aliphatic heterocycles. The Kier molecular flexibility index (Phi) is 5.09. The molecule has 0 bridgehead atoms. The first-order valence-corrected chi connectivity index (χ1v) is 8.07. The summed E-state index contributed by atoms with van der Waals surface area (Å²) in [5.41, 5.74) is 9.39. The second-order valence-electron chi connectivity index (χ2n) is 5.85. The van der Waals surface area contributed by atoms with E-state index in [1.165, 1.54) is 37.1 Å². The van der Waals surface area contributed by atoms with Gasteiger partial charge in [0, 0.05) is 18.7 Å². The fourth-order valence-electron chi connectivity index (χ4n) is 3.01. The van der Waals surface area contributed by atoms with E-state index in [-0.39, 0.29) is 0 Å². The van der Waals surface area contributed by atoms with Crippen molar-refractivity contribution in [3.8, 4) is 5.75 Å². The third-order valence-electron chi connectivity index (χ3n) is 4.29. The molecule has 3 heteroatoms. The maximum absolute atomic E-state index is 6.09. The van der Waals surface area contributed by atoms with Crippen molar-refractivity contribution in [2.75, 3.05) is 13.1 Å². The lowest BCUT2D eigenvalue weighted by Crippen LogP contribution is -2.18. The van der Waals surface area contributed by atoms with Crippen LogP contribution in [0.1, 0.15) is 29.5 Å². The van der Waals surface area contributed by atoms with E-state index >= 15 is 0 Å². The van der Waals surface area contributed by atoms with E-state index in [0.29, 0.717) is 13.2 Å². The molecule has 0 amide bonds. The average Bonchev–Trinajstić information content (AvgIpc) is 3.07. The third-order valence-corrected chi connectivity index (χ3v) is 4.29. The Morgan fingerprint density at radius 1 is 0.864 bits per heavy atom. The summed E-state index contributed by atoms with van der Waals surface area (Å²) >= 11 is 0. The number of nitrogens with two attached hydrogens (primary N) is 1. The van der Waals surface area contributed by atoms with E-state index in [9.17, 15) is 0 Å². The van der Waals surface area contributed by atoms with Gasteiger partial charge in [-0.15, -0.1) is 0 Å². The smallest absolute Gasteiger partial charge is 0.124 e. The number of hydrogen-bond donors (Lipinski definition) is 1. The first-order valence-electron chi connectivity index (χ1n) is 8.07. The zero-order chi connectivity index (χ0) is 15.2. The van der Waals surface area contributed by atoms with Crippen molar-refractivity contribution in [1.82, 2.24) is 4.90 Å². The topological polar surface area (TPSA) is 38.5 Å². The van der Waals surface area contributed by atoms with Crippen LogP contribution in [-0.2, 0) is 19.7 Å². The van der Waals surface area contributed by atoms with Gasteiger partial charge in [-0.05, 0) is 43.1 Å². The van der Waals surface area contributed by atoms with E-state index in [2.05, 4.69) is 35.2 Å². The molecule has 0 aliphatic carbocycles. The molecule has 2 aromatic rings. The maximum atomic E-state index is 6.09. The highest BCUT2D eigenvalue weighted by atomic mass is 16.5. The van der Waals surface area contributed by atoms with E-state index in [0.717, 1.165) is 17.9 Å². The number of hydrogen-bond acceptors (Lipinski definition) is 3. The van der Waals surface area contributed by atoms with Gasteiger partial charge in [-0.25, -0.2) is 0 Å². The van der Waals surface area contributed by atoms with Gasteiger partial charge in [-0.3, -0.25) is 4.90 Å². The molecule has 0 aromatic heterocycles. The van der Waals surface area contributed by atoms with Crippen molar-refractivity contribution in [2.24, 2.45) is 5.73 Å². The molecule has 1 saturated heterocycles. The number of para-hydroxylation sites is 1. The van der Waals surface area contributed by atoms with Crippen molar-refractivity contribution in [1.29, 1.82) is 0 Å². The zero-order valence-electron chi connectivity index (χ0n) is 13.0. The standard InChI is InChI=1S/C19H24N2O/c20-13-16-7-1-2-9-18(16)15-22-19-10-4-3-8-17(19)14-21-11-5-6-12-21/h1-4,7-10H,5-6,11-15,20H2. The number of benzene rings is 2. The molecule has 0 unspecified atom stereocenters. The molecule has 2 aromatic carbocycles. The fraction of sp³-hybridized carbons (Fsp3) is 0.368. The van der Waals surface area contributed by atoms with Gasteiger partial charge in [0.15, 0.2) is 0 Å². The summed E-state index contributed by atoms with van der Waals surface area (Å²) in [6.07, 6.45) is 2.62. The molecule has 116 valence electrons. The second-order valence-corrected chi connectivity index (χ2v) is 5.85. The minimum atomic E-state index is 0.551. The Morgan fingerprint density at radius 2 is 1.50 bits per heavy atom. The Bertz CT molecular complexity index is 606. The van der Waals surface area contributed by atoms with Crippen LogP contribution in [0.25, 0.3) is 0 Å². The predicted octanol–water partition coefficient (Wildman–Crippen LogP) is 3.32. The minimum Gasteiger partial charge on any atom is -0.489 e. The molecular weight excluding hydrogens is 272 g/mol. The summed E-state index contributed by atoms with van der Waals surface area (Å²) in [6.45, 7) is 4.50. The van der Waals surface area contributed by atoms with Crippen LogP contribution in [0.4, 0.5) is 0 Å². The highest BCUT2D eigenvalue weighted by Crippen LogP contribution is 2.23. The molecular formula is C19H24N2O. The molecule has 1 fully saturated rings. The van der Waals surface area contributed by atoms with Gasteiger partial charge < -0.3 is 10.5 Å². The van der Waals surface area contributed by atoms with Crippen LogP contribution in [-0.4, -0.2) is 18.0 Å². The summed E-state index contributed by atoms with van der Waals surface area (Å²) < 4.78 is 6.09. The van der Waals surface area contributed by atoms with Crippen molar-refractivity contribution < 1.29 is 4.74 Å². The van der Waals surface area contributed by atoms with Crippen molar-refractivity contribution >= 4 is 0 Å². The first kappa shape index (κ1) is 15.1. The molecule has 2 N–H and O–H groups in total. The quantitative estimate of drug-likeness (QED) is 0.888. The molecule has 3 rings (SSSR count). The average molecular weight is 296 g/mol. The Balaban J connectivity index is 1.69. The fourth-order valence-corrected chi connectivity index (χ4v) is 3.01. The van der Waals surface area contributed by atoms with Crippen molar-refractivity contribution in [2.45, 2.75) is 32.5 Å². The summed E-state index contributed by atoms with van der Waals surface area (Å²) in [5.74, 6) is 0.987. The molecule has 0 spiro atoms. The molecule has 22 heavy (non-hydrogen) atoms. The molecule has 1 aliphatic rings. The maximum Gasteiger partial charge on any atom is 0.124 e. The Hall–Kier alpha value is -1.84. The van der Waals surface area contributed by atoms with Crippen LogP contribution >= 0.6 is 0 Å². The largest absolute Gasteiger partial charge is 0.489 e. The molecule has 0 radical (unpaired) electrons. The summed E-state index contributed by atoms with van der Waals surface area (Å²) in [7, 11) is 0. The SMILES string of the molecule is NCc1ccccc1COc1ccccc1CN1CCCC1. The minimum absolute atomic E-state index is 0.551. The van der Waals surface area contributed by atoms with Gasteiger partial charge in [0.25, 0.3) is 0 Å². The molecule has 0 saturated carbocycles. The highest BCUT2D eigenvalue weighted by Gasteiger charge is 2.14. The summed E-state index contributed by atoms with van der Waals surface area (Å²) in [4.78, 5) is 2.50. The van der Waals surface area contributed by atoms with Crippen molar-refractivity contribution in [3.63, 3.8) is 0 Å². The summed E-state index contributed by atoms with van der Waals surface area (Å²) in [5, 5.41) is 0. The van der Waals surface area contributed by atoms with Gasteiger partial charge in [0.2, 0.25) is 0 Å². The van der Waals surface area contributed by atoms with Crippen LogP contribution in [0.5, 0.6) is 5.75 Å². The van der Waals surface area contributed by atoms with Gasteiger partial charge in [0.1, 0.15) is 12.4 Å². The van der Waals surface area contributed by atoms with Crippen LogP contribution in [0, 0.1) is 0 Å². The van der Waals surface area contributed by atoms with E-state index in [1.54, 1.807) is 0 Å². The first-order chi connectivity index (χ1) is 10.9. The lowest BCUT2D eigenvalue weighted by atomic mass is 10.1. The monoisotopic (exact) mass is 296 g/mol. The zero-order valence-corrected chi connectivity index (χ0v) is 13.0. The third kappa shape index (κ3) is 3.67. The lowest BCUT2D eigenvalue weighted by molar-refractivity contribution is 0.285. The van der Waals surface area contributed by atoms with Gasteiger partial charge >= 0.3 is 0 Å². The predicted molar refractivity (Wildman–Crippen MR) is 89.6 cm³/mol. The van der Waals surface area contributed by atoms with Crippen LogP contribution in [0.15, 0.2) is 48.5 Å².